The summed E-state index contributed by atoms with van der Waals surface area (Å²) in [6, 6.07) is 108. The number of hydrogen-bond acceptors (Lipinski definition) is 5. The van der Waals surface area contributed by atoms with Crippen LogP contribution >= 0.6 is 0 Å². The molecule has 24 rings (SSSR count). The molecule has 0 saturated heterocycles. The Hall–Kier alpha value is -15.5. The molecule has 13 aromatic carbocycles. The van der Waals surface area contributed by atoms with E-state index in [4.69, 9.17) is 9.97 Å². The van der Waals surface area contributed by atoms with Gasteiger partial charge in [0, 0.05) is 178 Å². The van der Waals surface area contributed by atoms with E-state index in [0.29, 0.717) is 0 Å². The molecule has 0 saturated carbocycles. The monoisotopic (exact) mass is 1680 g/mol. The van der Waals surface area contributed by atoms with Gasteiger partial charge in [0.2, 0.25) is 34.0 Å². The van der Waals surface area contributed by atoms with Crippen LogP contribution in [0.5, 0.6) is 0 Å². The van der Waals surface area contributed by atoms with Crippen molar-refractivity contribution in [3.63, 3.8) is 0 Å². The molecule has 0 amide bonds. The minimum atomic E-state index is 1.04. The summed E-state index contributed by atoms with van der Waals surface area (Å²) < 4.78 is 11.2. The molecular weight excluding hydrogens is 1580 g/mol. The number of aryl methyl sites for hydroxylation is 14. The van der Waals surface area contributed by atoms with Gasteiger partial charge in [-0.05, 0) is 247 Å². The van der Waals surface area contributed by atoms with E-state index >= 15 is 0 Å². The van der Waals surface area contributed by atoms with Crippen molar-refractivity contribution >= 4 is 130 Å². The third-order valence-electron chi connectivity index (χ3n) is 26.7. The van der Waals surface area contributed by atoms with E-state index in [0.717, 1.165) is 27.6 Å². The maximum atomic E-state index is 4.71. The second-order valence-electron chi connectivity index (χ2n) is 35.3. The summed E-state index contributed by atoms with van der Waals surface area (Å²) in [5, 5.41) is 22.0. The fourth-order valence-corrected chi connectivity index (χ4v) is 19.8. The van der Waals surface area contributed by atoms with Gasteiger partial charge < -0.3 is 0 Å². The molecule has 10 nitrogen and oxygen atoms in total. The van der Waals surface area contributed by atoms with Crippen molar-refractivity contribution in [2.24, 2.45) is 35.2 Å². The Morgan fingerprint density at radius 1 is 0.223 bits per heavy atom. The second kappa shape index (κ2) is 35.0. The second-order valence-corrected chi connectivity index (χ2v) is 35.3. The number of rotatable bonds is 6. The number of pyridine rings is 10. The van der Waals surface area contributed by atoms with Crippen LogP contribution in [-0.2, 0) is 48.1 Å². The Kier molecular flexibility index (Phi) is 22.3. The Bertz CT molecular complexity index is 8330. The van der Waals surface area contributed by atoms with Gasteiger partial charge >= 0.3 is 0 Å². The Labute approximate surface area is 758 Å². The van der Waals surface area contributed by atoms with Crippen molar-refractivity contribution in [2.75, 3.05) is 0 Å². The zero-order chi connectivity index (χ0) is 89.0. The Balaban J connectivity index is 0.000000102. The predicted molar refractivity (Wildman–Crippen MR) is 540 cm³/mol. The van der Waals surface area contributed by atoms with E-state index in [1.54, 1.807) is 0 Å². The first-order valence-electron chi connectivity index (χ1n) is 45.1. The molecule has 130 heavy (non-hydrogen) atoms. The predicted octanol–water partition coefficient (Wildman–Crippen LogP) is 26.4. The summed E-state index contributed by atoms with van der Waals surface area (Å²) in [5.41, 5.74) is 33.5. The van der Waals surface area contributed by atoms with E-state index in [-0.39, 0.29) is 0 Å². The lowest BCUT2D eigenvalue weighted by Gasteiger charge is -2.16. The van der Waals surface area contributed by atoms with E-state index in [9.17, 15) is 0 Å². The zero-order valence-corrected chi connectivity index (χ0v) is 75.9. The van der Waals surface area contributed by atoms with Gasteiger partial charge in [-0.25, -0.2) is 18.3 Å². The van der Waals surface area contributed by atoms with E-state index < -0.39 is 0 Å². The molecule has 0 bridgehead atoms. The van der Waals surface area contributed by atoms with E-state index in [1.165, 1.54) is 246 Å². The highest BCUT2D eigenvalue weighted by atomic mass is 14.9. The van der Waals surface area contributed by atoms with Gasteiger partial charge in [0.1, 0.15) is 35.2 Å². The van der Waals surface area contributed by atoms with Crippen LogP contribution in [0.3, 0.4) is 0 Å². The van der Waals surface area contributed by atoms with Gasteiger partial charge in [-0.3, -0.25) is 24.9 Å². The van der Waals surface area contributed by atoms with Crippen LogP contribution in [0.25, 0.3) is 197 Å². The highest BCUT2D eigenvalue weighted by molar-refractivity contribution is 6.12. The summed E-state index contributed by atoms with van der Waals surface area (Å²) in [7, 11) is 10.6. The van der Waals surface area contributed by atoms with Gasteiger partial charge in [0.15, 0.2) is 24.8 Å². The summed E-state index contributed by atoms with van der Waals surface area (Å²) >= 11 is 0. The molecule has 0 atom stereocenters. The molecular formula is C120H103N10+5. The maximum absolute atomic E-state index is 4.71. The van der Waals surface area contributed by atoms with Crippen molar-refractivity contribution in [2.45, 2.75) is 74.1 Å². The first-order chi connectivity index (χ1) is 63.4. The van der Waals surface area contributed by atoms with Crippen molar-refractivity contribution in [3.05, 3.63) is 409 Å². The molecule has 0 radical (unpaired) electrons. The fourth-order valence-electron chi connectivity index (χ4n) is 19.8. The highest BCUT2D eigenvalue weighted by Gasteiger charge is 2.25. The maximum Gasteiger partial charge on any atom is 0.213 e. The normalized spacial score (nSPS) is 11.9. The summed E-state index contributed by atoms with van der Waals surface area (Å²) in [4.78, 5) is 23.4. The van der Waals surface area contributed by atoms with Crippen molar-refractivity contribution in [3.8, 4) is 67.4 Å². The van der Waals surface area contributed by atoms with Crippen LogP contribution in [-0.4, -0.2) is 24.9 Å². The van der Waals surface area contributed by atoms with Gasteiger partial charge in [-0.1, -0.05) is 170 Å². The quantitative estimate of drug-likeness (QED) is 0.122. The van der Waals surface area contributed by atoms with Gasteiger partial charge in [0.25, 0.3) is 0 Å². The number of nitrogens with zero attached hydrogens (tertiary/aromatic N) is 10. The lowest BCUT2D eigenvalue weighted by atomic mass is 9.91. The number of benzene rings is 13. The molecule has 0 spiro atoms. The van der Waals surface area contributed by atoms with E-state index in [1.807, 2.05) is 31.0 Å². The smallest absolute Gasteiger partial charge is 0.213 e. The molecule has 1 aliphatic carbocycles. The minimum Gasteiger partial charge on any atom is -0.256 e. The summed E-state index contributed by atoms with van der Waals surface area (Å²) in [6.07, 6.45) is 23.7. The topological polar surface area (TPSA) is 83.8 Å². The molecule has 10 heterocycles. The molecule has 0 unspecified atom stereocenters. The average Bonchev–Trinajstić information content (AvgIpc) is 0.773. The third kappa shape index (κ3) is 15.9. The standard InChI is InChI=1S/C28H25N2.C24H19N2.C24H23N2.C24H19N2.C20H17N2/c1-18-8-7-9-19(2)28(18)21-12-13-30(4)27(15-21)24-16-25-23-11-6-5-10-22(23)17-29-26(25)14-20(24)3;1-16-13-22-21(19-9-5-3-8-18(19)15-25-22)14-20(16)24-12-11-17-7-4-6-10-23(17)26(24)2;2*1-16-11-23-22(20-10-6-5-8-18(20)14-25-23)13-21(16)24-12-17-7-3-4-9-19(17)15-26(24)2;1-14-11-19-18(16-8-4-3-7-15(16)13-21-19)12-17(14)20-9-5-6-10-22(20)2/h5-17H,1-4H3;3-15H,1-2H3;5-6,8,10-15H,3-4,7,9H2,1-2H3;3-15H,1-2H3;3-13H,1-2H3/q5*+1. The van der Waals surface area contributed by atoms with Gasteiger partial charge in [-0.2, -0.15) is 4.57 Å². The number of aromatic nitrogens is 10. The lowest BCUT2D eigenvalue weighted by molar-refractivity contribution is -0.661. The SMILES string of the molecule is Cc1cc2ncc3ccccc3c2cc1-c1cc(-c2c(C)cccc2C)cc[n+]1C.Cc1cc2ncc3ccccc3c2cc1-c1cc2c(c[n+]1C)CCCC2.Cc1cc2ncc3ccccc3c2cc1-c1cc2ccccc2c[n+]1C.Cc1cc2ncc3ccccc3c2cc1-c1ccc2ccccc2[n+]1C.Cc1cc2ncc3ccccc3c2cc1-c1cccc[n+]1C. The van der Waals surface area contributed by atoms with Crippen molar-refractivity contribution < 1.29 is 22.8 Å². The fraction of sp³-hybridized carbons (Fsp3) is 0.133. The van der Waals surface area contributed by atoms with Crippen LogP contribution in [0.4, 0.5) is 0 Å². The largest absolute Gasteiger partial charge is 0.256 e. The summed E-state index contributed by atoms with van der Waals surface area (Å²) in [6.45, 7) is 15.2. The third-order valence-corrected chi connectivity index (χ3v) is 26.7. The minimum absolute atomic E-state index is 1.04. The molecule has 0 aliphatic heterocycles. The molecule has 0 N–H and O–H groups in total. The lowest BCUT2D eigenvalue weighted by Crippen LogP contribution is -2.32. The first kappa shape index (κ1) is 82.7. The molecule has 10 aromatic heterocycles. The number of para-hydroxylation sites is 1. The zero-order valence-electron chi connectivity index (χ0n) is 75.9. The van der Waals surface area contributed by atoms with Crippen molar-refractivity contribution in [1.82, 2.24) is 24.9 Å². The average molecular weight is 1690 g/mol. The molecule has 23 aromatic rings. The number of fused-ring (bicyclic) bond motifs is 18. The molecule has 1 aliphatic rings. The van der Waals surface area contributed by atoms with Gasteiger partial charge in [0.05, 0.1) is 27.6 Å². The summed E-state index contributed by atoms with van der Waals surface area (Å²) in [5.74, 6) is 0. The van der Waals surface area contributed by atoms with Crippen LogP contribution in [0.1, 0.15) is 62.9 Å². The van der Waals surface area contributed by atoms with Crippen LogP contribution < -0.4 is 22.8 Å². The van der Waals surface area contributed by atoms with E-state index in [2.05, 4.69) is 450 Å². The Morgan fingerprint density at radius 2 is 0.569 bits per heavy atom. The van der Waals surface area contributed by atoms with Gasteiger partial charge in [-0.15, -0.1) is 0 Å². The van der Waals surface area contributed by atoms with Crippen molar-refractivity contribution in [1.29, 1.82) is 0 Å². The van der Waals surface area contributed by atoms with Crippen LogP contribution in [0, 0.1) is 48.5 Å². The van der Waals surface area contributed by atoms with Crippen LogP contribution in [0.15, 0.2) is 359 Å². The molecule has 10 heteroatoms. The van der Waals surface area contributed by atoms with Crippen LogP contribution in [0.2, 0.25) is 0 Å². The first-order valence-corrected chi connectivity index (χ1v) is 45.1. The molecule has 0 fully saturated rings. The highest BCUT2D eigenvalue weighted by Crippen LogP contribution is 2.40. The Morgan fingerprint density at radius 3 is 1.01 bits per heavy atom. The molecule has 628 valence electrons. The number of hydrogen-bond donors (Lipinski definition) is 0.